The van der Waals surface area contributed by atoms with Crippen LogP contribution >= 0.6 is 0 Å². The minimum atomic E-state index is -4.73. The third kappa shape index (κ3) is 11.7. The van der Waals surface area contributed by atoms with Gasteiger partial charge in [-0.1, -0.05) is 56.0 Å². The third-order valence-corrected chi connectivity index (χ3v) is 10.3. The number of esters is 1. The molecule has 0 radical (unpaired) electrons. The van der Waals surface area contributed by atoms with Crippen LogP contribution in [0, 0.1) is 0 Å². The fourth-order valence-corrected chi connectivity index (χ4v) is 6.69. The van der Waals surface area contributed by atoms with Crippen LogP contribution in [0.3, 0.4) is 0 Å². The summed E-state index contributed by atoms with van der Waals surface area (Å²) in [5.74, 6) is -3.08. The molecule has 0 aliphatic carbocycles. The maximum absolute atomic E-state index is 13.5. The van der Waals surface area contributed by atoms with E-state index in [1.165, 1.54) is 6.92 Å². The van der Waals surface area contributed by atoms with Gasteiger partial charge in [0.05, 0.1) is 28.9 Å². The number of benzene rings is 6. The van der Waals surface area contributed by atoms with Gasteiger partial charge in [0.1, 0.15) is 44.9 Å². The Kier molecular flexibility index (Phi) is 15.0. The van der Waals surface area contributed by atoms with E-state index in [2.05, 4.69) is 20.4 Å². The van der Waals surface area contributed by atoms with Gasteiger partial charge in [0.25, 0.3) is 0 Å². The number of nitrogens with zero attached hydrogens (tertiary/aromatic N) is 6. The highest BCUT2D eigenvalue weighted by Gasteiger charge is 2.41. The predicted molar refractivity (Wildman–Crippen MR) is 233 cm³/mol. The maximum atomic E-state index is 13.5. The lowest BCUT2D eigenvalue weighted by molar-refractivity contribution is -0.155. The van der Waals surface area contributed by atoms with Gasteiger partial charge in [-0.05, 0) is 98.8 Å². The molecule has 2 aromatic heterocycles. The molecule has 0 saturated carbocycles. The van der Waals surface area contributed by atoms with Gasteiger partial charge in [-0.2, -0.15) is 52.7 Å². The fourth-order valence-electron chi connectivity index (χ4n) is 6.69. The van der Waals surface area contributed by atoms with Gasteiger partial charge in [-0.3, -0.25) is 0 Å². The first-order chi connectivity index (χ1) is 33.3. The van der Waals surface area contributed by atoms with Crippen molar-refractivity contribution in [3.63, 3.8) is 0 Å². The molecule has 378 valence electrons. The van der Waals surface area contributed by atoms with Crippen LogP contribution in [0.5, 0.6) is 11.5 Å². The first kappa shape index (κ1) is 53.2. The fraction of sp³-hybridized carbons (Fsp3) is 0.208. The summed E-state index contributed by atoms with van der Waals surface area (Å²) in [5.41, 5.74) is -5.49. The number of aliphatic carboxylic acids is 1. The molecule has 1 N–H and O–H groups in total. The highest BCUT2D eigenvalue weighted by Crippen LogP contribution is 2.40. The van der Waals surface area contributed by atoms with Gasteiger partial charge < -0.3 is 19.3 Å². The third-order valence-electron chi connectivity index (χ3n) is 10.3. The zero-order valence-corrected chi connectivity index (χ0v) is 36.2. The lowest BCUT2D eigenvalue weighted by Gasteiger charge is -2.28. The summed E-state index contributed by atoms with van der Waals surface area (Å²) in [6.45, 7) is 2.53. The molecule has 0 spiro atoms. The Hall–Kier alpha value is -8.18. The minimum Gasteiger partial charge on any atom is -0.478 e. The summed E-state index contributed by atoms with van der Waals surface area (Å²) in [5, 5.41) is 26.5. The summed E-state index contributed by atoms with van der Waals surface area (Å²) >= 11 is 0. The van der Waals surface area contributed by atoms with Crippen molar-refractivity contribution in [2.24, 2.45) is 0 Å². The maximum Gasteiger partial charge on any atom is 0.416 e. The molecule has 0 aliphatic rings. The van der Waals surface area contributed by atoms with Crippen LogP contribution in [0.15, 0.2) is 133 Å². The van der Waals surface area contributed by atoms with Gasteiger partial charge in [-0.15, -0.1) is 30.0 Å². The average molecular weight is 1020 g/mol. The van der Waals surface area contributed by atoms with Crippen LogP contribution < -0.4 is 9.47 Å². The van der Waals surface area contributed by atoms with Crippen LogP contribution in [-0.4, -0.2) is 53.6 Å². The van der Waals surface area contributed by atoms with Crippen molar-refractivity contribution in [2.45, 2.75) is 57.7 Å². The molecule has 12 nitrogen and oxygen atoms in total. The number of alkyl halides is 12. The first-order valence-corrected chi connectivity index (χ1v) is 20.4. The smallest absolute Gasteiger partial charge is 0.416 e. The number of carboxylic acids is 1. The van der Waals surface area contributed by atoms with E-state index in [1.807, 2.05) is 0 Å². The Morgan fingerprint density at radius 3 is 1.25 bits per heavy atom. The van der Waals surface area contributed by atoms with E-state index in [4.69, 9.17) is 14.2 Å². The molecule has 72 heavy (non-hydrogen) atoms. The number of rotatable bonds is 11. The molecule has 24 heteroatoms. The Labute approximate surface area is 399 Å². The van der Waals surface area contributed by atoms with Crippen LogP contribution in [0.4, 0.5) is 52.7 Å². The molecular weight excluding hydrogens is 985 g/mol. The lowest BCUT2D eigenvalue weighted by atomic mass is 9.94. The number of carboxylic acid groups (broad SMARTS) is 1. The number of hydrogen-bond acceptors (Lipinski definition) is 9. The normalized spacial score (nSPS) is 13.3. The first-order valence-electron chi connectivity index (χ1n) is 20.4. The second-order valence-electron chi connectivity index (χ2n) is 15.2. The highest BCUT2D eigenvalue weighted by molar-refractivity contribution is 5.80. The average Bonchev–Trinajstić information content (AvgIpc) is 3.95. The van der Waals surface area contributed by atoms with Crippen molar-refractivity contribution >= 4 is 34.0 Å². The number of halogens is 12. The molecule has 8 aromatic rings. The molecule has 8 rings (SSSR count). The summed E-state index contributed by atoms with van der Waals surface area (Å²) < 4.78 is 175. The molecule has 0 amide bonds. The van der Waals surface area contributed by atoms with E-state index >= 15 is 0 Å². The van der Waals surface area contributed by atoms with Gasteiger partial charge in [0.2, 0.25) is 11.7 Å². The highest BCUT2D eigenvalue weighted by atomic mass is 19.4. The summed E-state index contributed by atoms with van der Waals surface area (Å²) in [7, 11) is 0. The zero-order chi connectivity index (χ0) is 51.7. The van der Waals surface area contributed by atoms with E-state index < -0.39 is 70.6 Å². The summed E-state index contributed by atoms with van der Waals surface area (Å²) in [6, 6.07) is 24.7. The van der Waals surface area contributed by atoms with E-state index in [-0.39, 0.29) is 48.0 Å². The number of fused-ring (bicyclic) bond motifs is 2. The van der Waals surface area contributed by atoms with Crippen molar-refractivity contribution in [3.05, 3.63) is 167 Å². The van der Waals surface area contributed by atoms with Gasteiger partial charge >= 0.3 is 36.6 Å². The van der Waals surface area contributed by atoms with Crippen LogP contribution in [-0.2, 0) is 44.6 Å². The Bertz CT molecular complexity index is 3140. The lowest BCUT2D eigenvalue weighted by Crippen LogP contribution is -2.39. The number of carbonyl (C=O) groups is 2. The molecule has 6 aromatic carbocycles. The van der Waals surface area contributed by atoms with E-state index in [0.29, 0.717) is 46.3 Å². The second kappa shape index (κ2) is 20.3. The van der Waals surface area contributed by atoms with Crippen LogP contribution in [0.1, 0.15) is 60.8 Å². The molecule has 2 unspecified atom stereocenters. The van der Waals surface area contributed by atoms with E-state index in [1.54, 1.807) is 48.5 Å². The van der Waals surface area contributed by atoms with Crippen molar-refractivity contribution in [1.29, 1.82) is 0 Å². The zero-order valence-electron chi connectivity index (χ0n) is 36.2. The largest absolute Gasteiger partial charge is 0.478 e. The molecule has 0 aliphatic heterocycles. The standard InChI is InChI=1S/C24H17F6N3O3.C23H15F6N3O3.CH4/c1-2-35-22(34)21(14-7-9-15(10-8-14)23(25,26)27)36-20-12-11-16(24(28,29)30)13-19(20)33-31-17-5-3-4-6-18(17)32-33;1-21(20(33)34,13-6-8-14(9-7-13)22(24,25)26)35-19-11-10-15(23(27,28)29)12-18(19)32-30-16-4-2-3-5-17(16)31-32;/h3-13,21H,2H2,1H3;2-12H,1H3,(H,33,34);1H4. The van der Waals surface area contributed by atoms with Gasteiger partial charge in [0.15, 0.2) is 0 Å². The number of aromatic nitrogens is 6. The van der Waals surface area contributed by atoms with E-state index in [9.17, 15) is 67.4 Å². The minimum absolute atomic E-state index is 0. The Morgan fingerprint density at radius 2 is 0.875 bits per heavy atom. The predicted octanol–water partition coefficient (Wildman–Crippen LogP) is 12.6. The van der Waals surface area contributed by atoms with Crippen molar-refractivity contribution in [2.75, 3.05) is 6.61 Å². The Morgan fingerprint density at radius 1 is 0.528 bits per heavy atom. The second-order valence-corrected chi connectivity index (χ2v) is 15.2. The van der Waals surface area contributed by atoms with Crippen molar-refractivity contribution < 1.29 is 81.6 Å². The van der Waals surface area contributed by atoms with Crippen LogP contribution in [0.2, 0.25) is 0 Å². The molecule has 0 bridgehead atoms. The number of hydrogen-bond donors (Lipinski definition) is 1. The molecule has 0 saturated heterocycles. The van der Waals surface area contributed by atoms with Gasteiger partial charge in [0, 0.05) is 11.1 Å². The molecular formula is C48H36F12N6O6. The molecule has 0 fully saturated rings. The number of ether oxygens (including phenoxy) is 3. The van der Waals surface area contributed by atoms with Crippen LogP contribution in [0.25, 0.3) is 33.4 Å². The topological polar surface area (TPSA) is 143 Å². The van der Waals surface area contributed by atoms with E-state index in [0.717, 1.165) is 77.2 Å². The monoisotopic (exact) mass is 1020 g/mol. The van der Waals surface area contributed by atoms with Gasteiger partial charge in [-0.25, -0.2) is 9.59 Å². The SMILES string of the molecule is C.CC(Oc1ccc(C(F)(F)F)cc1-n1nc2ccccc2n1)(C(=O)O)c1ccc(C(F)(F)F)cc1.CCOC(=O)C(Oc1ccc(C(F)(F)F)cc1-n1nc2ccccc2n1)c1ccc(C(F)(F)F)cc1. The number of carbonyl (C=O) groups excluding carboxylic acids is 1. The molecule has 2 atom stereocenters. The quantitative estimate of drug-likeness (QED) is 0.0982. The van der Waals surface area contributed by atoms with Crippen molar-refractivity contribution in [3.8, 4) is 22.9 Å². The summed E-state index contributed by atoms with van der Waals surface area (Å²) in [6.07, 6.45) is -20.3. The Balaban J connectivity index is 0.000000232. The molecule has 2 heterocycles. The summed E-state index contributed by atoms with van der Waals surface area (Å²) in [4.78, 5) is 26.6. The van der Waals surface area contributed by atoms with Crippen molar-refractivity contribution in [1.82, 2.24) is 30.0 Å².